The van der Waals surface area contributed by atoms with Crippen molar-refractivity contribution in [3.63, 3.8) is 0 Å². The molecular formula is C26H22N4O9S. The van der Waals surface area contributed by atoms with Gasteiger partial charge in [0.05, 0.1) is 11.3 Å². The Kier molecular flexibility index (Phi) is 6.58. The number of rotatable bonds is 7. The van der Waals surface area contributed by atoms with Crippen LogP contribution in [0.5, 0.6) is 0 Å². The molecule has 3 amide bonds. The molecule has 3 heterocycles. The number of non-ortho nitro benzene ring substituents is 1. The molecule has 206 valence electrons. The first-order valence-corrected chi connectivity index (χ1v) is 12.9. The number of benzene rings is 2. The summed E-state index contributed by atoms with van der Waals surface area (Å²) in [4.78, 5) is 74.6. The number of nitro benzene ring substituents is 1. The first-order valence-electron chi connectivity index (χ1n) is 12.0. The molecule has 0 radical (unpaired) electrons. The Balaban J connectivity index is 1.31. The maximum absolute atomic E-state index is 13.0. The molecule has 3 N–H and O–H groups in total. The number of carbonyl (C=O) groups is 4. The van der Waals surface area contributed by atoms with Crippen LogP contribution in [0.25, 0.3) is 11.0 Å². The Hall–Kier alpha value is -4.72. The quantitative estimate of drug-likeness (QED) is 0.165. The summed E-state index contributed by atoms with van der Waals surface area (Å²) >= 11 is 1.30. The molecule has 2 aliphatic rings. The number of nitrogens with one attached hydrogen (secondary N) is 2. The van der Waals surface area contributed by atoms with Crippen LogP contribution in [-0.2, 0) is 20.8 Å². The number of thioether (sulfide) groups is 1. The Morgan fingerprint density at radius 2 is 1.88 bits per heavy atom. The van der Waals surface area contributed by atoms with Crippen molar-refractivity contribution in [2.24, 2.45) is 0 Å². The van der Waals surface area contributed by atoms with Crippen molar-refractivity contribution < 1.29 is 33.6 Å². The molecule has 3 atom stereocenters. The number of carboxylic acid groups (broad SMARTS) is 1. The molecule has 2 aliphatic heterocycles. The summed E-state index contributed by atoms with van der Waals surface area (Å²) in [6.07, 6.45) is -0.220. The zero-order valence-corrected chi connectivity index (χ0v) is 21.9. The minimum absolute atomic E-state index is 0.184. The van der Waals surface area contributed by atoms with E-state index in [1.165, 1.54) is 47.0 Å². The van der Waals surface area contributed by atoms with E-state index in [1.54, 1.807) is 32.0 Å². The van der Waals surface area contributed by atoms with Crippen LogP contribution in [0.1, 0.15) is 29.8 Å². The van der Waals surface area contributed by atoms with Gasteiger partial charge >= 0.3 is 17.3 Å². The highest BCUT2D eigenvalue weighted by Gasteiger charge is 2.64. The molecule has 0 bridgehead atoms. The number of carbonyl (C=O) groups excluding carboxylic acids is 3. The van der Waals surface area contributed by atoms with Crippen molar-refractivity contribution in [2.45, 2.75) is 42.5 Å². The Bertz CT molecular complexity index is 1670. The first kappa shape index (κ1) is 26.9. The summed E-state index contributed by atoms with van der Waals surface area (Å²) < 4.78 is 4.35. The average Bonchev–Trinajstić information content (AvgIpc) is 3.15. The van der Waals surface area contributed by atoms with Crippen molar-refractivity contribution in [1.29, 1.82) is 0 Å². The van der Waals surface area contributed by atoms with E-state index in [4.69, 9.17) is 4.42 Å². The number of para-hydroxylation sites is 2. The van der Waals surface area contributed by atoms with Crippen molar-refractivity contribution in [3.8, 4) is 0 Å². The molecule has 13 nitrogen and oxygen atoms in total. The fraction of sp³-hybridized carbons (Fsp3) is 0.269. The SMILES string of the molecule is CC1(C)S[C@@H]2C(NC(=O)Cc3ccccc3NC(=O)c3cc4cccc([N+](=O)[O-])c4oc3=O)C(=O)N2[C@H]1C(=O)O. The zero-order chi connectivity index (χ0) is 28.9. The fourth-order valence-corrected chi connectivity index (χ4v) is 6.59. The number of β-lactam (4-membered cyclic amide) rings is 1. The number of anilines is 1. The smallest absolute Gasteiger partial charge is 0.349 e. The summed E-state index contributed by atoms with van der Waals surface area (Å²) in [5.41, 5.74) is -1.51. The van der Waals surface area contributed by atoms with Crippen LogP contribution < -0.4 is 16.3 Å². The summed E-state index contributed by atoms with van der Waals surface area (Å²) in [5, 5.41) is 25.7. The van der Waals surface area contributed by atoms with Gasteiger partial charge in [-0.15, -0.1) is 11.8 Å². The van der Waals surface area contributed by atoms with E-state index in [-0.39, 0.29) is 28.6 Å². The molecule has 1 aromatic heterocycles. The highest BCUT2D eigenvalue weighted by molar-refractivity contribution is 8.01. The van der Waals surface area contributed by atoms with Gasteiger partial charge in [-0.1, -0.05) is 30.3 Å². The molecule has 0 aliphatic carbocycles. The Morgan fingerprint density at radius 3 is 2.58 bits per heavy atom. The molecule has 14 heteroatoms. The second-order valence-electron chi connectivity index (χ2n) is 9.83. The average molecular weight is 567 g/mol. The van der Waals surface area contributed by atoms with E-state index in [0.717, 1.165) is 0 Å². The molecule has 1 unspecified atom stereocenters. The lowest BCUT2D eigenvalue weighted by Crippen LogP contribution is -2.70. The van der Waals surface area contributed by atoms with Crippen LogP contribution >= 0.6 is 11.8 Å². The van der Waals surface area contributed by atoms with Crippen LogP contribution in [0.3, 0.4) is 0 Å². The lowest BCUT2D eigenvalue weighted by molar-refractivity contribution is -0.383. The van der Waals surface area contributed by atoms with Crippen molar-refractivity contribution in [1.82, 2.24) is 10.2 Å². The van der Waals surface area contributed by atoms with E-state index in [2.05, 4.69) is 10.6 Å². The maximum Gasteiger partial charge on any atom is 0.349 e. The van der Waals surface area contributed by atoms with Crippen LogP contribution in [0, 0.1) is 10.1 Å². The predicted molar refractivity (Wildman–Crippen MR) is 143 cm³/mol. The number of hydrogen-bond acceptors (Lipinski definition) is 9. The molecule has 2 saturated heterocycles. The molecule has 0 spiro atoms. The number of nitrogens with zero attached hydrogens (tertiary/aromatic N) is 2. The lowest BCUT2D eigenvalue weighted by atomic mass is 9.96. The van der Waals surface area contributed by atoms with Gasteiger partial charge in [0.25, 0.3) is 5.91 Å². The van der Waals surface area contributed by atoms with E-state index in [1.807, 2.05) is 0 Å². The van der Waals surface area contributed by atoms with Gasteiger partial charge in [0, 0.05) is 21.9 Å². The standard InChI is InChI=1S/C26H22N4O9S/c1-26(2)20(24(34)35)29-22(33)18(23(29)40-26)28-17(31)11-12-6-3-4-8-15(12)27-21(32)14-10-13-7-5-9-16(30(37)38)19(13)39-25(14)36/h3-10,18,20,23H,11H2,1-2H3,(H,27,32)(H,28,31)(H,34,35)/t18?,20-,23+/m0/s1. The molecule has 5 rings (SSSR count). The van der Waals surface area contributed by atoms with Gasteiger partial charge in [0.2, 0.25) is 17.4 Å². The monoisotopic (exact) mass is 566 g/mol. The topological polar surface area (TPSA) is 189 Å². The first-order chi connectivity index (χ1) is 18.9. The van der Waals surface area contributed by atoms with Crippen LogP contribution in [-0.4, -0.2) is 60.8 Å². The Labute approximate surface area is 229 Å². The third-order valence-corrected chi connectivity index (χ3v) is 8.36. The number of carboxylic acids is 1. The molecule has 2 aromatic carbocycles. The van der Waals surface area contributed by atoms with Crippen molar-refractivity contribution in [3.05, 3.63) is 80.2 Å². The minimum atomic E-state index is -1.11. The number of amides is 3. The van der Waals surface area contributed by atoms with Crippen molar-refractivity contribution >= 4 is 57.8 Å². The summed E-state index contributed by atoms with van der Waals surface area (Å²) in [6.45, 7) is 3.47. The molecule has 3 aromatic rings. The second kappa shape index (κ2) is 9.79. The number of nitro groups is 1. The van der Waals surface area contributed by atoms with Gasteiger partial charge in [0.15, 0.2) is 0 Å². The number of fused-ring (bicyclic) bond motifs is 2. The largest absolute Gasteiger partial charge is 0.480 e. The summed E-state index contributed by atoms with van der Waals surface area (Å²) in [6, 6.07) is 9.72. The molecule has 40 heavy (non-hydrogen) atoms. The van der Waals surface area contributed by atoms with Gasteiger partial charge < -0.3 is 25.1 Å². The Morgan fingerprint density at radius 1 is 1.15 bits per heavy atom. The third kappa shape index (κ3) is 4.55. The third-order valence-electron chi connectivity index (χ3n) is 6.79. The highest BCUT2D eigenvalue weighted by Crippen LogP contribution is 2.50. The van der Waals surface area contributed by atoms with Gasteiger partial charge in [0.1, 0.15) is 23.0 Å². The van der Waals surface area contributed by atoms with Crippen LogP contribution in [0.2, 0.25) is 0 Å². The molecule has 0 saturated carbocycles. The van der Waals surface area contributed by atoms with Crippen molar-refractivity contribution in [2.75, 3.05) is 5.32 Å². The van der Waals surface area contributed by atoms with Gasteiger partial charge in [-0.3, -0.25) is 24.5 Å². The lowest BCUT2D eigenvalue weighted by Gasteiger charge is -2.43. The van der Waals surface area contributed by atoms with Gasteiger partial charge in [-0.25, -0.2) is 9.59 Å². The molecule has 2 fully saturated rings. The van der Waals surface area contributed by atoms with Crippen LogP contribution in [0.4, 0.5) is 11.4 Å². The minimum Gasteiger partial charge on any atom is -0.480 e. The van der Waals surface area contributed by atoms with Crippen LogP contribution in [0.15, 0.2) is 57.7 Å². The van der Waals surface area contributed by atoms with E-state index in [9.17, 15) is 39.2 Å². The predicted octanol–water partition coefficient (Wildman–Crippen LogP) is 2.13. The summed E-state index contributed by atoms with van der Waals surface area (Å²) in [5.74, 6) is -2.95. The fourth-order valence-electron chi connectivity index (χ4n) is 4.96. The van der Waals surface area contributed by atoms with Gasteiger partial charge in [-0.2, -0.15) is 0 Å². The summed E-state index contributed by atoms with van der Waals surface area (Å²) in [7, 11) is 0. The van der Waals surface area contributed by atoms with E-state index in [0.29, 0.717) is 5.56 Å². The van der Waals surface area contributed by atoms with Gasteiger partial charge in [-0.05, 0) is 31.5 Å². The number of aliphatic carboxylic acids is 1. The normalized spacial score (nSPS) is 20.9. The second-order valence-corrected chi connectivity index (χ2v) is 11.6. The van der Waals surface area contributed by atoms with E-state index >= 15 is 0 Å². The highest BCUT2D eigenvalue weighted by atomic mass is 32.2. The zero-order valence-electron chi connectivity index (χ0n) is 21.1. The molecular weight excluding hydrogens is 544 g/mol. The maximum atomic E-state index is 13.0. The van der Waals surface area contributed by atoms with E-state index < -0.39 is 62.1 Å². The number of hydrogen-bond donors (Lipinski definition) is 3.